The molecule has 13 nitrogen and oxygen atoms in total. The van der Waals surface area contributed by atoms with Crippen molar-refractivity contribution in [1.82, 2.24) is 24.8 Å². The summed E-state index contributed by atoms with van der Waals surface area (Å²) >= 11 is 0. The summed E-state index contributed by atoms with van der Waals surface area (Å²) in [4.78, 5) is 48.0. The van der Waals surface area contributed by atoms with E-state index in [9.17, 15) is 27.6 Å². The Labute approximate surface area is 338 Å². The van der Waals surface area contributed by atoms with Crippen LogP contribution in [0.25, 0.3) is 32.9 Å². The van der Waals surface area contributed by atoms with Gasteiger partial charge in [-0.2, -0.15) is 13.2 Å². The zero-order valence-corrected chi connectivity index (χ0v) is 32.5. The Kier molecular flexibility index (Phi) is 12.9. The smallest absolute Gasteiger partial charge is 0.425 e. The normalized spacial score (nSPS) is 16.2. The van der Waals surface area contributed by atoms with E-state index in [-0.39, 0.29) is 49.4 Å². The highest BCUT2D eigenvalue weighted by atomic mass is 19.4. The van der Waals surface area contributed by atoms with Crippen LogP contribution in [0.4, 0.5) is 13.2 Å². The molecule has 2 aromatic carbocycles. The van der Waals surface area contributed by atoms with Crippen molar-refractivity contribution in [3.05, 3.63) is 96.6 Å². The number of unbranched alkanes of at least 4 members (excludes halogenated alkanes) is 1. The zero-order valence-electron chi connectivity index (χ0n) is 32.5. The number of halogens is 3. The molecule has 0 radical (unpaired) electrons. The third-order valence-corrected chi connectivity index (χ3v) is 10.3. The molecule has 16 heteroatoms. The Morgan fingerprint density at radius 1 is 0.814 bits per heavy atom. The van der Waals surface area contributed by atoms with Crippen molar-refractivity contribution in [2.45, 2.75) is 50.4 Å². The SMILES string of the molecule is C=C1CCC(N2C(=O)c3ccc(OC(CCCCOCCOCCOCCOc4ccc(-c5ccc6c7cnccc7n(C)c6c5)cn4)C(F)(F)F)cc3C2=O)C(=O)N1. The molecule has 1 N–H and O–H groups in total. The average molecular weight is 816 g/mol. The number of nitrogens with zero attached hydrogens (tertiary/aromatic N) is 4. The second-order valence-corrected chi connectivity index (χ2v) is 14.2. The summed E-state index contributed by atoms with van der Waals surface area (Å²) in [6.07, 6.45) is -0.557. The second kappa shape index (κ2) is 18.4. The van der Waals surface area contributed by atoms with Crippen LogP contribution in [0.2, 0.25) is 0 Å². The first kappa shape index (κ1) is 41.3. The molecule has 3 aromatic heterocycles. The number of aryl methyl sites for hydroxylation is 1. The topological polar surface area (TPSA) is 143 Å². The van der Waals surface area contributed by atoms with E-state index < -0.39 is 36.0 Å². The van der Waals surface area contributed by atoms with Crippen molar-refractivity contribution in [2.24, 2.45) is 7.05 Å². The predicted molar refractivity (Wildman–Crippen MR) is 211 cm³/mol. The standard InChI is InChI=1S/C43H44F3N5O8/c1-27-6-12-36(40(52)49-27)51-41(53)32-11-9-30(24-33(32)42(51)54)59-38(43(44,45)46)5-3-4-16-55-17-18-56-19-20-57-21-22-58-39-13-8-29(25-48-39)28-7-10-31-34-26-47-15-14-35(34)50(2)37(31)23-28/h7-11,13-15,23-26,36,38H,1,3-6,12,16-22H2,2H3,(H,49,52). The number of fused-ring (bicyclic) bond motifs is 4. The lowest BCUT2D eigenvalue weighted by atomic mass is 10.0. The molecule has 2 aliphatic rings. The van der Waals surface area contributed by atoms with E-state index in [1.807, 2.05) is 31.4 Å². The van der Waals surface area contributed by atoms with Crippen LogP contribution < -0.4 is 14.8 Å². The number of carbonyl (C=O) groups is 3. The highest BCUT2D eigenvalue weighted by molar-refractivity contribution is 6.23. The van der Waals surface area contributed by atoms with Gasteiger partial charge in [0.05, 0.1) is 49.7 Å². The molecule has 1 fully saturated rings. The molecule has 5 heterocycles. The van der Waals surface area contributed by atoms with E-state index in [4.69, 9.17) is 23.7 Å². The van der Waals surface area contributed by atoms with E-state index in [0.29, 0.717) is 57.5 Å². The molecule has 3 amide bonds. The van der Waals surface area contributed by atoms with Crippen molar-refractivity contribution in [3.63, 3.8) is 0 Å². The van der Waals surface area contributed by atoms with Gasteiger partial charge in [0.15, 0.2) is 6.10 Å². The lowest BCUT2D eigenvalue weighted by molar-refractivity contribution is -0.197. The van der Waals surface area contributed by atoms with E-state index in [2.05, 4.69) is 44.6 Å². The number of hydrogen-bond acceptors (Lipinski definition) is 10. The summed E-state index contributed by atoms with van der Waals surface area (Å²) in [6, 6.07) is 14.7. The molecule has 0 spiro atoms. The Morgan fingerprint density at radius 2 is 1.54 bits per heavy atom. The summed E-state index contributed by atoms with van der Waals surface area (Å²) in [6.45, 7) is 5.85. The average Bonchev–Trinajstić information content (AvgIpc) is 3.65. The number of alkyl halides is 3. The molecule has 0 aliphatic carbocycles. The van der Waals surface area contributed by atoms with Gasteiger partial charge in [-0.25, -0.2) is 4.98 Å². The fourth-order valence-electron chi connectivity index (χ4n) is 7.21. The monoisotopic (exact) mass is 815 g/mol. The first-order valence-corrected chi connectivity index (χ1v) is 19.4. The van der Waals surface area contributed by atoms with Crippen LogP contribution in [-0.4, -0.2) is 102 Å². The number of ether oxygens (including phenoxy) is 5. The fourth-order valence-corrected chi connectivity index (χ4v) is 7.21. The van der Waals surface area contributed by atoms with Crippen molar-refractivity contribution < 1.29 is 51.2 Å². The number of carbonyl (C=O) groups excluding carboxylic acids is 3. The lowest BCUT2D eigenvalue weighted by Crippen LogP contribution is -2.51. The predicted octanol–water partition coefficient (Wildman–Crippen LogP) is 6.79. The van der Waals surface area contributed by atoms with E-state index in [1.165, 1.54) is 12.1 Å². The maximum absolute atomic E-state index is 13.9. The summed E-state index contributed by atoms with van der Waals surface area (Å²) in [5.41, 5.74) is 4.64. The minimum Gasteiger partial charge on any atom is -0.481 e. The molecule has 0 bridgehead atoms. The summed E-state index contributed by atoms with van der Waals surface area (Å²) in [5, 5.41) is 4.80. The molecule has 2 aliphatic heterocycles. The summed E-state index contributed by atoms with van der Waals surface area (Å²) in [7, 11) is 2.05. The highest BCUT2D eigenvalue weighted by Gasteiger charge is 2.45. The zero-order chi connectivity index (χ0) is 41.5. The molecule has 0 saturated carbocycles. The van der Waals surface area contributed by atoms with Crippen molar-refractivity contribution in [3.8, 4) is 22.8 Å². The van der Waals surface area contributed by atoms with Gasteiger partial charge in [0.2, 0.25) is 11.8 Å². The molecular weight excluding hydrogens is 771 g/mol. The maximum atomic E-state index is 13.9. The minimum atomic E-state index is -4.67. The Bertz CT molecular complexity index is 2330. The number of imide groups is 1. The number of amides is 3. The number of hydrogen-bond donors (Lipinski definition) is 1. The van der Waals surface area contributed by atoms with Crippen LogP contribution in [-0.2, 0) is 26.1 Å². The number of pyridine rings is 2. The maximum Gasteiger partial charge on any atom is 0.425 e. The third-order valence-electron chi connectivity index (χ3n) is 10.3. The number of piperidine rings is 1. The molecule has 2 unspecified atom stereocenters. The molecular formula is C43H44F3N5O8. The van der Waals surface area contributed by atoms with Gasteiger partial charge in [-0.05, 0) is 74.1 Å². The molecule has 59 heavy (non-hydrogen) atoms. The van der Waals surface area contributed by atoms with Crippen LogP contribution in [0.15, 0.2) is 85.5 Å². The first-order valence-electron chi connectivity index (χ1n) is 19.4. The number of rotatable bonds is 19. The van der Waals surface area contributed by atoms with E-state index in [0.717, 1.165) is 43.9 Å². The number of allylic oxidation sites excluding steroid dienone is 1. The Hall–Kier alpha value is -5.84. The van der Waals surface area contributed by atoms with Crippen LogP contribution in [0.5, 0.6) is 11.6 Å². The Morgan fingerprint density at radius 3 is 2.27 bits per heavy atom. The second-order valence-electron chi connectivity index (χ2n) is 14.2. The molecule has 5 aromatic rings. The molecule has 2 atom stereocenters. The van der Waals surface area contributed by atoms with Crippen LogP contribution in [0.1, 0.15) is 52.8 Å². The van der Waals surface area contributed by atoms with Gasteiger partial charge in [0.25, 0.3) is 11.8 Å². The lowest BCUT2D eigenvalue weighted by Gasteiger charge is -2.29. The molecule has 310 valence electrons. The fraction of sp³-hybridized carbons (Fsp3) is 0.372. The van der Waals surface area contributed by atoms with Crippen LogP contribution in [0, 0.1) is 0 Å². The number of nitrogens with one attached hydrogen (secondary N) is 1. The number of benzene rings is 2. The van der Waals surface area contributed by atoms with Gasteiger partial charge in [-0.3, -0.25) is 24.3 Å². The molecule has 1 saturated heterocycles. The van der Waals surface area contributed by atoms with Gasteiger partial charge in [-0.1, -0.05) is 18.7 Å². The van der Waals surface area contributed by atoms with E-state index in [1.54, 1.807) is 12.4 Å². The quantitative estimate of drug-likeness (QED) is 0.0700. The number of aromatic nitrogens is 3. The first-order chi connectivity index (χ1) is 28.5. The highest BCUT2D eigenvalue weighted by Crippen LogP contribution is 2.34. The van der Waals surface area contributed by atoms with Gasteiger partial charge in [0.1, 0.15) is 18.4 Å². The van der Waals surface area contributed by atoms with Crippen molar-refractivity contribution in [2.75, 3.05) is 46.2 Å². The van der Waals surface area contributed by atoms with Crippen molar-refractivity contribution >= 4 is 39.5 Å². The Balaban J connectivity index is 0.738. The van der Waals surface area contributed by atoms with Crippen LogP contribution in [0.3, 0.4) is 0 Å². The largest absolute Gasteiger partial charge is 0.481 e. The third kappa shape index (κ3) is 9.56. The van der Waals surface area contributed by atoms with Gasteiger partial charge in [0, 0.05) is 65.9 Å². The van der Waals surface area contributed by atoms with Crippen LogP contribution >= 0.6 is 0 Å². The summed E-state index contributed by atoms with van der Waals surface area (Å²) < 4.78 is 71.4. The summed E-state index contributed by atoms with van der Waals surface area (Å²) in [5.74, 6) is -1.68. The minimum absolute atomic E-state index is 0.00322. The van der Waals surface area contributed by atoms with Gasteiger partial charge >= 0.3 is 6.18 Å². The van der Waals surface area contributed by atoms with Gasteiger partial charge < -0.3 is 33.6 Å². The van der Waals surface area contributed by atoms with Gasteiger partial charge in [-0.15, -0.1) is 0 Å². The van der Waals surface area contributed by atoms with Crippen molar-refractivity contribution in [1.29, 1.82) is 0 Å². The molecule has 7 rings (SSSR count). The van der Waals surface area contributed by atoms with E-state index >= 15 is 0 Å².